The van der Waals surface area contributed by atoms with Gasteiger partial charge in [0.05, 0.1) is 39.9 Å². The number of unbranched alkanes of at least 4 members (excludes halogenated alkanes) is 17. The van der Waals surface area contributed by atoms with Gasteiger partial charge in [0.15, 0.2) is 0 Å². The molecule has 8 nitrogen and oxygen atoms in total. The summed E-state index contributed by atoms with van der Waals surface area (Å²) in [7, 11) is 1.55. The molecule has 266 valence electrons. The third-order valence-corrected chi connectivity index (χ3v) is 8.91. The number of hydrogen-bond donors (Lipinski definition) is 3. The number of rotatable bonds is 32. The summed E-state index contributed by atoms with van der Waals surface area (Å²) in [4.78, 5) is 22.9. The van der Waals surface area contributed by atoms with E-state index >= 15 is 0 Å². The first-order valence-corrected chi connectivity index (χ1v) is 19.7. The van der Waals surface area contributed by atoms with Crippen molar-refractivity contribution in [1.82, 2.24) is 5.32 Å². The van der Waals surface area contributed by atoms with Gasteiger partial charge in [0, 0.05) is 6.42 Å². The van der Waals surface area contributed by atoms with Crippen LogP contribution in [-0.2, 0) is 18.4 Å². The van der Waals surface area contributed by atoms with Crippen LogP contribution in [0.2, 0.25) is 0 Å². The Morgan fingerprint density at radius 3 is 1.78 bits per heavy atom. The minimum Gasteiger partial charge on any atom is -0.387 e. The first kappa shape index (κ1) is 44.0. The van der Waals surface area contributed by atoms with Crippen molar-refractivity contribution in [3.8, 4) is 0 Å². The minimum absolute atomic E-state index is 0.0575. The van der Waals surface area contributed by atoms with Gasteiger partial charge in [-0.05, 0) is 32.1 Å². The highest BCUT2D eigenvalue weighted by Gasteiger charge is 2.27. The summed E-state index contributed by atoms with van der Waals surface area (Å²) in [6.45, 7) is 4.73. The van der Waals surface area contributed by atoms with E-state index in [2.05, 4.69) is 31.3 Å². The lowest BCUT2D eigenvalue weighted by Gasteiger charge is -2.25. The third kappa shape index (κ3) is 31.4. The smallest absolute Gasteiger partial charge is 0.387 e. The van der Waals surface area contributed by atoms with E-state index in [-0.39, 0.29) is 19.1 Å². The average molecular weight is 660 g/mol. The summed E-state index contributed by atoms with van der Waals surface area (Å²) in [6.07, 6.45) is 31.0. The molecule has 3 atom stereocenters. The van der Waals surface area contributed by atoms with Crippen molar-refractivity contribution >= 4 is 13.7 Å². The molecule has 45 heavy (non-hydrogen) atoms. The maximum Gasteiger partial charge on any atom is 0.472 e. The molecule has 0 saturated carbocycles. The molecule has 3 N–H and O–H groups in total. The van der Waals surface area contributed by atoms with Crippen molar-refractivity contribution in [2.45, 2.75) is 161 Å². The van der Waals surface area contributed by atoms with Crippen molar-refractivity contribution < 1.29 is 32.9 Å². The van der Waals surface area contributed by atoms with Crippen LogP contribution in [0.1, 0.15) is 149 Å². The molecule has 1 amide bonds. The van der Waals surface area contributed by atoms with Gasteiger partial charge in [0.25, 0.3) is 0 Å². The summed E-state index contributed by atoms with van der Waals surface area (Å²) < 4.78 is 23.4. The summed E-state index contributed by atoms with van der Waals surface area (Å²) in [5, 5.41) is 13.7. The van der Waals surface area contributed by atoms with Crippen molar-refractivity contribution in [3.05, 3.63) is 24.3 Å². The Labute approximate surface area is 277 Å². The first-order valence-electron chi connectivity index (χ1n) is 18.2. The van der Waals surface area contributed by atoms with Crippen molar-refractivity contribution in [3.63, 3.8) is 0 Å². The number of nitrogens with zero attached hydrogens (tertiary/aromatic N) is 1. The van der Waals surface area contributed by atoms with Gasteiger partial charge in [-0.25, -0.2) is 4.57 Å². The van der Waals surface area contributed by atoms with Crippen molar-refractivity contribution in [2.75, 3.05) is 40.9 Å². The van der Waals surface area contributed by atoms with Crippen LogP contribution in [0.5, 0.6) is 0 Å². The minimum atomic E-state index is -4.33. The van der Waals surface area contributed by atoms with Crippen LogP contribution in [0.25, 0.3) is 0 Å². The number of nitrogens with one attached hydrogen (secondary N) is 1. The molecule has 9 heteroatoms. The fourth-order valence-corrected chi connectivity index (χ4v) is 5.67. The molecule has 0 aliphatic heterocycles. The third-order valence-electron chi connectivity index (χ3n) is 7.92. The fraction of sp³-hybridized carbons (Fsp3) is 0.861. The Morgan fingerprint density at radius 1 is 0.733 bits per heavy atom. The molecule has 0 spiro atoms. The first-order chi connectivity index (χ1) is 21.5. The number of phosphoric acid groups is 1. The van der Waals surface area contributed by atoms with Crippen LogP contribution in [0.4, 0.5) is 0 Å². The van der Waals surface area contributed by atoms with Crippen LogP contribution >= 0.6 is 7.82 Å². The van der Waals surface area contributed by atoms with Gasteiger partial charge in [0.1, 0.15) is 13.2 Å². The molecule has 0 fully saturated rings. The Kier molecular flexibility index (Phi) is 28.5. The van der Waals surface area contributed by atoms with Crippen LogP contribution in [0.3, 0.4) is 0 Å². The van der Waals surface area contributed by atoms with Gasteiger partial charge in [0.2, 0.25) is 5.91 Å². The lowest BCUT2D eigenvalue weighted by atomic mass is 10.0. The normalized spacial score (nSPS) is 15.1. The Morgan fingerprint density at radius 2 is 1.22 bits per heavy atom. The van der Waals surface area contributed by atoms with Gasteiger partial charge in [-0.3, -0.25) is 13.8 Å². The molecule has 0 aliphatic carbocycles. The molecule has 0 rings (SSSR count). The lowest BCUT2D eigenvalue weighted by Crippen LogP contribution is -2.45. The van der Waals surface area contributed by atoms with Crippen molar-refractivity contribution in [2.24, 2.45) is 0 Å². The second kappa shape index (κ2) is 29.1. The van der Waals surface area contributed by atoms with Gasteiger partial charge < -0.3 is 19.8 Å². The van der Waals surface area contributed by atoms with Gasteiger partial charge >= 0.3 is 7.82 Å². The van der Waals surface area contributed by atoms with Crippen LogP contribution in [0.15, 0.2) is 24.3 Å². The zero-order valence-electron chi connectivity index (χ0n) is 29.9. The number of phosphoric ester groups is 1. The quantitative estimate of drug-likeness (QED) is 0.0288. The standard InChI is InChI=1S/C36H71N2O6P/c1-6-8-10-12-14-16-18-19-20-22-24-26-28-30-36(40)37-34(33-44-45(41,42)43-32-31-38(3,4)5)35(39)29-27-25-23-21-17-15-13-11-9-7-2/h17,21,27,29,34-35,39H,6-16,18-20,22-26,28,30-33H2,1-5H3,(H-,37,40,41,42)/p+1/b21-17+,29-27+. The second-order valence-electron chi connectivity index (χ2n) is 13.6. The fourth-order valence-electron chi connectivity index (χ4n) is 4.94. The second-order valence-corrected chi connectivity index (χ2v) is 15.0. The summed E-state index contributed by atoms with van der Waals surface area (Å²) in [5.41, 5.74) is 0. The van der Waals surface area contributed by atoms with E-state index in [0.29, 0.717) is 17.4 Å². The molecule has 0 aliphatic rings. The topological polar surface area (TPSA) is 105 Å². The summed E-state index contributed by atoms with van der Waals surface area (Å²) >= 11 is 0. The molecule has 0 aromatic heterocycles. The monoisotopic (exact) mass is 660 g/mol. The Hall–Kier alpha value is -1.02. The zero-order chi connectivity index (χ0) is 33.7. The molecular formula is C36H72N2O6P+. The number of carbonyl (C=O) groups is 1. The number of allylic oxidation sites excluding steroid dienone is 3. The molecule has 3 unspecified atom stereocenters. The van der Waals surface area contributed by atoms with E-state index in [0.717, 1.165) is 38.5 Å². The van der Waals surface area contributed by atoms with Crippen molar-refractivity contribution in [1.29, 1.82) is 0 Å². The number of quaternary nitrogens is 1. The van der Waals surface area contributed by atoms with E-state index < -0.39 is 20.0 Å². The molecule has 0 aromatic rings. The van der Waals surface area contributed by atoms with Gasteiger partial charge in [-0.2, -0.15) is 0 Å². The number of carbonyl (C=O) groups excluding carboxylic acids is 1. The highest BCUT2D eigenvalue weighted by molar-refractivity contribution is 7.47. The Balaban J connectivity index is 4.58. The highest BCUT2D eigenvalue weighted by Crippen LogP contribution is 2.43. The van der Waals surface area contributed by atoms with E-state index in [1.807, 2.05) is 27.2 Å². The number of aliphatic hydroxyl groups excluding tert-OH is 1. The predicted octanol–water partition coefficient (Wildman–Crippen LogP) is 9.02. The molecular weight excluding hydrogens is 587 g/mol. The van der Waals surface area contributed by atoms with Gasteiger partial charge in [-0.15, -0.1) is 0 Å². The van der Waals surface area contributed by atoms with E-state index in [1.165, 1.54) is 89.9 Å². The van der Waals surface area contributed by atoms with Crippen LogP contribution in [0, 0.1) is 0 Å². The van der Waals surface area contributed by atoms with E-state index in [9.17, 15) is 19.4 Å². The van der Waals surface area contributed by atoms with Gasteiger partial charge in [-0.1, -0.05) is 134 Å². The number of amides is 1. The molecule has 0 radical (unpaired) electrons. The molecule has 0 aromatic carbocycles. The largest absolute Gasteiger partial charge is 0.472 e. The van der Waals surface area contributed by atoms with E-state index in [4.69, 9.17) is 9.05 Å². The number of hydrogen-bond acceptors (Lipinski definition) is 5. The average Bonchev–Trinajstić information content (AvgIpc) is 2.97. The lowest BCUT2D eigenvalue weighted by molar-refractivity contribution is -0.870. The maximum atomic E-state index is 12.7. The summed E-state index contributed by atoms with van der Waals surface area (Å²) in [6, 6.07) is -0.854. The number of likely N-dealkylation sites (N-methyl/N-ethyl adjacent to an activating group) is 1. The maximum absolute atomic E-state index is 12.7. The summed E-state index contributed by atoms with van der Waals surface area (Å²) in [5.74, 6) is -0.191. The predicted molar refractivity (Wildman–Crippen MR) is 189 cm³/mol. The zero-order valence-corrected chi connectivity index (χ0v) is 30.8. The molecule has 0 bridgehead atoms. The molecule has 0 saturated heterocycles. The highest BCUT2D eigenvalue weighted by atomic mass is 31.2. The van der Waals surface area contributed by atoms with Crippen LogP contribution in [-0.4, -0.2) is 73.4 Å². The number of aliphatic hydroxyl groups is 1. The SMILES string of the molecule is CCCCCC/C=C/CC/C=C/C(O)C(COP(=O)(O)OCC[N+](C)(C)C)NC(=O)CCCCCCCCCCCCCCC. The van der Waals surface area contributed by atoms with E-state index in [1.54, 1.807) is 6.08 Å². The Bertz CT molecular complexity index is 799. The van der Waals surface area contributed by atoms with Crippen LogP contribution < -0.4 is 5.32 Å². The molecule has 0 heterocycles.